The molecular formula is C12H14BrFN2O4. The van der Waals surface area contributed by atoms with E-state index in [-0.39, 0.29) is 4.60 Å². The molecule has 0 spiro atoms. The fraction of sp³-hybridized carbons (Fsp3) is 0.417. The standard InChI is InChI=1S/C12H14BrFN2O4/c1-12(2,3)15-10(18)8(17)5-6(14)7(11(19)20)16(4)9(5)13/h1-4H3,(H,15,18)(H,19,20). The average Bonchev–Trinajstić information content (AvgIpc) is 2.47. The van der Waals surface area contributed by atoms with Crippen LogP contribution in [0.4, 0.5) is 4.39 Å². The van der Waals surface area contributed by atoms with Crippen LogP contribution in [0, 0.1) is 5.82 Å². The van der Waals surface area contributed by atoms with Gasteiger partial charge in [0.05, 0.1) is 10.2 Å². The van der Waals surface area contributed by atoms with Gasteiger partial charge in [-0.2, -0.15) is 0 Å². The lowest BCUT2D eigenvalue weighted by atomic mass is 10.1. The number of aromatic carboxylic acids is 1. The molecule has 0 bridgehead atoms. The van der Waals surface area contributed by atoms with E-state index >= 15 is 0 Å². The van der Waals surface area contributed by atoms with Crippen LogP contribution in [-0.2, 0) is 11.8 Å². The molecule has 1 aromatic rings. The molecule has 1 amide bonds. The predicted octanol–water partition coefficient (Wildman–Crippen LogP) is 1.72. The number of nitrogens with zero attached hydrogens (tertiary/aromatic N) is 1. The van der Waals surface area contributed by atoms with Gasteiger partial charge in [0, 0.05) is 12.6 Å². The van der Waals surface area contributed by atoms with E-state index < -0.39 is 40.3 Å². The van der Waals surface area contributed by atoms with Crippen molar-refractivity contribution in [1.82, 2.24) is 9.88 Å². The Morgan fingerprint density at radius 2 is 1.80 bits per heavy atom. The molecule has 8 heteroatoms. The fourth-order valence-corrected chi connectivity index (χ4v) is 2.10. The van der Waals surface area contributed by atoms with Gasteiger partial charge in [0.25, 0.3) is 11.7 Å². The minimum Gasteiger partial charge on any atom is -0.476 e. The number of carboxylic acid groups (broad SMARTS) is 1. The summed E-state index contributed by atoms with van der Waals surface area (Å²) >= 11 is 2.93. The van der Waals surface area contributed by atoms with E-state index in [1.54, 1.807) is 20.8 Å². The molecule has 0 aliphatic carbocycles. The van der Waals surface area contributed by atoms with Crippen molar-refractivity contribution < 1.29 is 23.9 Å². The number of carbonyl (C=O) groups excluding carboxylic acids is 2. The Bertz CT molecular complexity index is 602. The SMILES string of the molecule is Cn1c(Br)c(C(=O)C(=O)NC(C)(C)C)c(F)c1C(=O)O. The van der Waals surface area contributed by atoms with Gasteiger partial charge in [-0.05, 0) is 36.7 Å². The average molecular weight is 349 g/mol. The third-order valence-corrected chi connectivity index (χ3v) is 3.32. The summed E-state index contributed by atoms with van der Waals surface area (Å²) in [6, 6.07) is 0. The number of nitrogens with one attached hydrogen (secondary N) is 1. The van der Waals surface area contributed by atoms with Crippen LogP contribution in [0.15, 0.2) is 4.60 Å². The van der Waals surface area contributed by atoms with Crippen molar-refractivity contribution in [3.05, 3.63) is 21.7 Å². The lowest BCUT2D eigenvalue weighted by molar-refractivity contribution is -0.118. The highest BCUT2D eigenvalue weighted by atomic mass is 79.9. The van der Waals surface area contributed by atoms with Crippen molar-refractivity contribution in [3.8, 4) is 0 Å². The van der Waals surface area contributed by atoms with E-state index in [0.717, 1.165) is 4.57 Å². The molecule has 6 nitrogen and oxygen atoms in total. The van der Waals surface area contributed by atoms with E-state index in [1.807, 2.05) is 0 Å². The molecule has 1 rings (SSSR count). The van der Waals surface area contributed by atoms with Gasteiger partial charge >= 0.3 is 5.97 Å². The van der Waals surface area contributed by atoms with Crippen molar-refractivity contribution in [2.45, 2.75) is 26.3 Å². The summed E-state index contributed by atoms with van der Waals surface area (Å²) < 4.78 is 14.9. The third kappa shape index (κ3) is 3.06. The van der Waals surface area contributed by atoms with E-state index in [9.17, 15) is 18.8 Å². The van der Waals surface area contributed by atoms with Crippen LogP contribution < -0.4 is 5.32 Å². The summed E-state index contributed by atoms with van der Waals surface area (Å²) in [6.45, 7) is 4.99. The van der Waals surface area contributed by atoms with Gasteiger partial charge in [0.15, 0.2) is 11.5 Å². The lowest BCUT2D eigenvalue weighted by Crippen LogP contribution is -2.44. The summed E-state index contributed by atoms with van der Waals surface area (Å²) in [5.41, 5.74) is -1.95. The topological polar surface area (TPSA) is 88.4 Å². The summed E-state index contributed by atoms with van der Waals surface area (Å²) in [5.74, 6) is -4.89. The van der Waals surface area contributed by atoms with Crippen LogP contribution in [0.5, 0.6) is 0 Å². The molecule has 20 heavy (non-hydrogen) atoms. The zero-order valence-corrected chi connectivity index (χ0v) is 13.0. The number of aromatic nitrogens is 1. The number of Topliss-reactive ketones (excluding diaryl/α,β-unsaturated/α-hetero) is 1. The molecule has 2 N–H and O–H groups in total. The zero-order valence-electron chi connectivity index (χ0n) is 11.4. The van der Waals surface area contributed by atoms with Gasteiger partial charge < -0.3 is 15.0 Å². The van der Waals surface area contributed by atoms with Crippen molar-refractivity contribution in [2.24, 2.45) is 7.05 Å². The number of hydrogen-bond acceptors (Lipinski definition) is 3. The molecule has 0 fully saturated rings. The number of ketones is 1. The summed E-state index contributed by atoms with van der Waals surface area (Å²) in [4.78, 5) is 34.6. The largest absolute Gasteiger partial charge is 0.476 e. The van der Waals surface area contributed by atoms with Crippen LogP contribution in [-0.4, -0.2) is 32.9 Å². The normalized spacial score (nSPS) is 11.3. The maximum atomic E-state index is 14.0. The van der Waals surface area contributed by atoms with Gasteiger partial charge in [-0.15, -0.1) is 0 Å². The van der Waals surface area contributed by atoms with Gasteiger partial charge in [0.1, 0.15) is 0 Å². The smallest absolute Gasteiger partial charge is 0.355 e. The number of carboxylic acids is 1. The first-order valence-corrected chi connectivity index (χ1v) is 6.40. The van der Waals surface area contributed by atoms with Crippen LogP contribution in [0.2, 0.25) is 0 Å². The lowest BCUT2D eigenvalue weighted by Gasteiger charge is -2.19. The molecule has 0 saturated carbocycles. The first-order valence-electron chi connectivity index (χ1n) is 5.61. The Balaban J connectivity index is 3.28. The quantitative estimate of drug-likeness (QED) is 0.643. The molecule has 1 heterocycles. The Hall–Kier alpha value is -1.70. The predicted molar refractivity (Wildman–Crippen MR) is 72.3 cm³/mol. The summed E-state index contributed by atoms with van der Waals surface area (Å²) in [6.07, 6.45) is 0. The molecule has 0 aliphatic heterocycles. The van der Waals surface area contributed by atoms with Crippen LogP contribution in [0.25, 0.3) is 0 Å². The highest BCUT2D eigenvalue weighted by molar-refractivity contribution is 9.10. The van der Waals surface area contributed by atoms with Crippen molar-refractivity contribution in [3.63, 3.8) is 0 Å². The van der Waals surface area contributed by atoms with Gasteiger partial charge in [-0.3, -0.25) is 9.59 Å². The second kappa shape index (κ2) is 5.35. The molecule has 1 aromatic heterocycles. The van der Waals surface area contributed by atoms with Crippen LogP contribution in [0.3, 0.4) is 0 Å². The van der Waals surface area contributed by atoms with Crippen molar-refractivity contribution in [2.75, 3.05) is 0 Å². The van der Waals surface area contributed by atoms with E-state index in [4.69, 9.17) is 5.11 Å². The maximum Gasteiger partial charge on any atom is 0.355 e. The zero-order chi connectivity index (χ0) is 15.8. The number of halogens is 2. The van der Waals surface area contributed by atoms with Gasteiger partial charge in [-0.1, -0.05) is 0 Å². The van der Waals surface area contributed by atoms with E-state index in [1.165, 1.54) is 7.05 Å². The highest BCUT2D eigenvalue weighted by Gasteiger charge is 2.32. The first-order chi connectivity index (χ1) is 8.97. The van der Waals surface area contributed by atoms with E-state index in [0.29, 0.717) is 0 Å². The Labute approximate surface area is 123 Å². The molecule has 0 atom stereocenters. The third-order valence-electron chi connectivity index (χ3n) is 2.39. The fourth-order valence-electron chi connectivity index (χ4n) is 1.56. The highest BCUT2D eigenvalue weighted by Crippen LogP contribution is 2.26. The van der Waals surface area contributed by atoms with Crippen LogP contribution in [0.1, 0.15) is 41.6 Å². The van der Waals surface area contributed by atoms with Gasteiger partial charge in [-0.25, -0.2) is 9.18 Å². The molecule has 0 unspecified atom stereocenters. The number of hydrogen-bond donors (Lipinski definition) is 2. The molecule has 0 aromatic carbocycles. The molecule has 0 saturated heterocycles. The molecular weight excluding hydrogens is 335 g/mol. The van der Waals surface area contributed by atoms with Gasteiger partial charge in [0.2, 0.25) is 0 Å². The van der Waals surface area contributed by atoms with Crippen molar-refractivity contribution >= 4 is 33.6 Å². The number of carbonyl (C=O) groups is 3. The monoisotopic (exact) mass is 348 g/mol. The molecule has 110 valence electrons. The Kier molecular flexibility index (Phi) is 4.38. The van der Waals surface area contributed by atoms with Crippen molar-refractivity contribution in [1.29, 1.82) is 0 Å². The number of amides is 1. The van der Waals surface area contributed by atoms with Crippen LogP contribution >= 0.6 is 15.9 Å². The minimum atomic E-state index is -1.53. The second-order valence-electron chi connectivity index (χ2n) is 5.23. The molecule has 0 radical (unpaired) electrons. The minimum absolute atomic E-state index is 0.0959. The van der Waals surface area contributed by atoms with E-state index in [2.05, 4.69) is 21.2 Å². The molecule has 0 aliphatic rings. The Morgan fingerprint density at radius 3 is 2.15 bits per heavy atom. The Morgan fingerprint density at radius 1 is 1.30 bits per heavy atom. The first kappa shape index (κ1) is 16.4. The second-order valence-corrected chi connectivity index (χ2v) is 5.98. The summed E-state index contributed by atoms with van der Waals surface area (Å²) in [5, 5.41) is 11.3. The number of rotatable bonds is 3. The summed E-state index contributed by atoms with van der Waals surface area (Å²) in [7, 11) is 1.27. The maximum absolute atomic E-state index is 14.0.